The first kappa shape index (κ1) is 17.4. The molecular weight excluding hydrogens is 304 g/mol. The Kier molecular flexibility index (Phi) is 6.27. The lowest BCUT2D eigenvalue weighted by Crippen LogP contribution is -2.04. The number of methoxy groups -OCH3 is 1. The fourth-order valence-electron chi connectivity index (χ4n) is 2.29. The van der Waals surface area contributed by atoms with Gasteiger partial charge in [0, 0.05) is 0 Å². The minimum Gasteiger partial charge on any atom is -0.497 e. The second kappa shape index (κ2) is 8.64. The molecule has 1 atom stereocenters. The molecule has 0 amide bonds. The Labute approximate surface area is 142 Å². The Bertz CT molecular complexity index is 721. The van der Waals surface area contributed by atoms with Gasteiger partial charge in [-0.25, -0.2) is 0 Å². The Balaban J connectivity index is 1.99. The van der Waals surface area contributed by atoms with E-state index >= 15 is 0 Å². The summed E-state index contributed by atoms with van der Waals surface area (Å²) in [4.78, 5) is 10.9. The molecule has 2 rings (SSSR count). The summed E-state index contributed by atoms with van der Waals surface area (Å²) in [5.74, 6) is 6.10. The van der Waals surface area contributed by atoms with Gasteiger partial charge in [0.15, 0.2) is 0 Å². The number of carboxylic acids is 1. The quantitative estimate of drug-likeness (QED) is 0.786. The van der Waals surface area contributed by atoms with Crippen LogP contribution in [-0.4, -0.2) is 18.2 Å². The average Bonchev–Trinajstić information content (AvgIpc) is 2.60. The van der Waals surface area contributed by atoms with E-state index in [0.717, 1.165) is 22.6 Å². The largest absolute Gasteiger partial charge is 0.497 e. The molecule has 0 aliphatic carbocycles. The predicted molar refractivity (Wildman–Crippen MR) is 92.2 cm³/mol. The number of hydrogen-bond donors (Lipinski definition) is 1. The molecule has 4 nitrogen and oxygen atoms in total. The fourth-order valence-corrected chi connectivity index (χ4v) is 2.29. The number of rotatable bonds is 7. The Morgan fingerprint density at radius 1 is 1.08 bits per heavy atom. The van der Waals surface area contributed by atoms with Crippen LogP contribution in [0.25, 0.3) is 0 Å². The van der Waals surface area contributed by atoms with Crippen LogP contribution in [0.5, 0.6) is 11.5 Å². The molecule has 0 fully saturated rings. The first-order chi connectivity index (χ1) is 11.6. The van der Waals surface area contributed by atoms with E-state index in [1.807, 2.05) is 48.5 Å². The van der Waals surface area contributed by atoms with Crippen LogP contribution in [0.15, 0.2) is 48.5 Å². The third kappa shape index (κ3) is 5.06. The van der Waals surface area contributed by atoms with Gasteiger partial charge >= 0.3 is 5.97 Å². The molecule has 2 aromatic carbocycles. The average molecular weight is 324 g/mol. The van der Waals surface area contributed by atoms with Gasteiger partial charge in [0.2, 0.25) is 0 Å². The van der Waals surface area contributed by atoms with Crippen LogP contribution < -0.4 is 9.47 Å². The van der Waals surface area contributed by atoms with Gasteiger partial charge in [0.05, 0.1) is 19.4 Å². The van der Waals surface area contributed by atoms with Crippen LogP contribution in [0.4, 0.5) is 0 Å². The second-order valence-electron chi connectivity index (χ2n) is 5.25. The zero-order chi connectivity index (χ0) is 17.4. The summed E-state index contributed by atoms with van der Waals surface area (Å²) in [6.45, 7) is 2.16. The third-order valence-electron chi connectivity index (χ3n) is 3.54. The molecule has 0 aliphatic rings. The first-order valence-electron chi connectivity index (χ1n) is 7.62. The highest BCUT2D eigenvalue weighted by molar-refractivity contribution is 5.69. The van der Waals surface area contributed by atoms with Gasteiger partial charge in [-0.15, -0.1) is 5.92 Å². The van der Waals surface area contributed by atoms with Gasteiger partial charge in [-0.05, 0) is 42.3 Å². The summed E-state index contributed by atoms with van der Waals surface area (Å²) >= 11 is 0. The van der Waals surface area contributed by atoms with Crippen molar-refractivity contribution in [3.63, 3.8) is 0 Å². The van der Waals surface area contributed by atoms with E-state index in [-0.39, 0.29) is 12.3 Å². The van der Waals surface area contributed by atoms with Crippen LogP contribution in [0, 0.1) is 11.8 Å². The van der Waals surface area contributed by atoms with E-state index in [1.54, 1.807) is 14.0 Å². The zero-order valence-electron chi connectivity index (χ0n) is 13.8. The molecule has 0 spiro atoms. The molecule has 2 aromatic rings. The molecule has 0 saturated heterocycles. The van der Waals surface area contributed by atoms with Crippen LogP contribution >= 0.6 is 0 Å². The van der Waals surface area contributed by atoms with Gasteiger partial charge in [0.25, 0.3) is 0 Å². The zero-order valence-corrected chi connectivity index (χ0v) is 13.8. The molecule has 0 aliphatic heterocycles. The predicted octanol–water partition coefficient (Wildman–Crippen LogP) is 3.86. The van der Waals surface area contributed by atoms with Crippen LogP contribution in [0.1, 0.15) is 30.4 Å². The van der Waals surface area contributed by atoms with Crippen molar-refractivity contribution in [2.45, 2.75) is 25.9 Å². The van der Waals surface area contributed by atoms with Crippen molar-refractivity contribution in [2.75, 3.05) is 7.11 Å². The van der Waals surface area contributed by atoms with Crippen molar-refractivity contribution in [3.8, 4) is 23.3 Å². The van der Waals surface area contributed by atoms with Crippen molar-refractivity contribution in [1.82, 2.24) is 0 Å². The minimum absolute atomic E-state index is 0.00705. The van der Waals surface area contributed by atoms with E-state index in [4.69, 9.17) is 14.6 Å². The Morgan fingerprint density at radius 2 is 1.71 bits per heavy atom. The van der Waals surface area contributed by atoms with Gasteiger partial charge in [-0.2, -0.15) is 0 Å². The maximum Gasteiger partial charge on any atom is 0.304 e. The number of carbonyl (C=O) groups is 1. The first-order valence-corrected chi connectivity index (χ1v) is 7.62. The molecule has 0 radical (unpaired) electrons. The number of hydrogen-bond acceptors (Lipinski definition) is 3. The van der Waals surface area contributed by atoms with Crippen molar-refractivity contribution in [2.24, 2.45) is 0 Å². The highest BCUT2D eigenvalue weighted by atomic mass is 16.5. The summed E-state index contributed by atoms with van der Waals surface area (Å²) in [6.07, 6.45) is -0.00705. The normalized spacial score (nSPS) is 11.1. The summed E-state index contributed by atoms with van der Waals surface area (Å²) < 4.78 is 10.9. The molecule has 0 unspecified atom stereocenters. The standard InChI is InChI=1S/C20H20O4/c1-3-4-17(13-20(21)22)16-7-11-19(12-8-16)24-14-15-5-9-18(23-2)10-6-15/h5-12,17H,13-14H2,1-2H3,(H,21,22)/t17-/m1/s1. The van der Waals surface area contributed by atoms with Gasteiger partial charge in [0.1, 0.15) is 18.1 Å². The summed E-state index contributed by atoms with van der Waals surface area (Å²) in [5.41, 5.74) is 1.92. The minimum atomic E-state index is -0.859. The molecule has 24 heavy (non-hydrogen) atoms. The van der Waals surface area contributed by atoms with Crippen LogP contribution in [0.2, 0.25) is 0 Å². The van der Waals surface area contributed by atoms with Crippen molar-refractivity contribution >= 4 is 5.97 Å². The molecule has 0 heterocycles. The topological polar surface area (TPSA) is 55.8 Å². The maximum atomic E-state index is 10.9. The van der Waals surface area contributed by atoms with Gasteiger partial charge < -0.3 is 14.6 Å². The lowest BCUT2D eigenvalue weighted by molar-refractivity contribution is -0.137. The lowest BCUT2D eigenvalue weighted by atomic mass is 9.96. The molecule has 0 saturated carbocycles. The SMILES string of the molecule is CC#C[C@H](CC(=O)O)c1ccc(OCc2ccc(OC)cc2)cc1. The molecular formula is C20H20O4. The van der Waals surface area contributed by atoms with Gasteiger partial charge in [-0.3, -0.25) is 4.79 Å². The fraction of sp³-hybridized carbons (Fsp3) is 0.250. The summed E-state index contributed by atoms with van der Waals surface area (Å²) in [7, 11) is 1.63. The van der Waals surface area contributed by atoms with E-state index < -0.39 is 5.97 Å². The second-order valence-corrected chi connectivity index (χ2v) is 5.25. The van der Waals surface area contributed by atoms with Crippen molar-refractivity contribution < 1.29 is 19.4 Å². The molecule has 0 bridgehead atoms. The van der Waals surface area contributed by atoms with E-state index in [0.29, 0.717) is 6.61 Å². The van der Waals surface area contributed by atoms with E-state index in [9.17, 15) is 4.79 Å². The van der Waals surface area contributed by atoms with E-state index in [2.05, 4.69) is 11.8 Å². The Morgan fingerprint density at radius 3 is 2.25 bits per heavy atom. The highest BCUT2D eigenvalue weighted by Crippen LogP contribution is 2.23. The van der Waals surface area contributed by atoms with E-state index in [1.165, 1.54) is 0 Å². The van der Waals surface area contributed by atoms with Gasteiger partial charge in [-0.1, -0.05) is 30.2 Å². The highest BCUT2D eigenvalue weighted by Gasteiger charge is 2.13. The molecule has 0 aromatic heterocycles. The van der Waals surface area contributed by atoms with Crippen molar-refractivity contribution in [3.05, 3.63) is 59.7 Å². The third-order valence-corrected chi connectivity index (χ3v) is 3.54. The lowest BCUT2D eigenvalue weighted by Gasteiger charge is -2.11. The Hall–Kier alpha value is -2.93. The molecule has 124 valence electrons. The number of ether oxygens (including phenoxy) is 2. The molecule has 1 N–H and O–H groups in total. The molecule has 4 heteroatoms. The van der Waals surface area contributed by atoms with Crippen molar-refractivity contribution in [1.29, 1.82) is 0 Å². The number of aliphatic carboxylic acids is 1. The summed E-state index contributed by atoms with van der Waals surface area (Å²) in [5, 5.41) is 8.97. The number of benzene rings is 2. The number of carboxylic acid groups (broad SMARTS) is 1. The smallest absolute Gasteiger partial charge is 0.304 e. The van der Waals surface area contributed by atoms with Crippen LogP contribution in [0.3, 0.4) is 0 Å². The maximum absolute atomic E-state index is 10.9. The van der Waals surface area contributed by atoms with Crippen LogP contribution in [-0.2, 0) is 11.4 Å². The summed E-state index contributed by atoms with van der Waals surface area (Å²) in [6, 6.07) is 15.1. The monoisotopic (exact) mass is 324 g/mol.